The van der Waals surface area contributed by atoms with Gasteiger partial charge in [0.1, 0.15) is 12.4 Å². The number of benzene rings is 1. The van der Waals surface area contributed by atoms with Gasteiger partial charge in [-0.1, -0.05) is 21.1 Å². The lowest BCUT2D eigenvalue weighted by atomic mass is 10.3. The molecule has 0 fully saturated rings. The second kappa shape index (κ2) is 5.05. The maximum absolute atomic E-state index is 13.4. The Morgan fingerprint density at radius 1 is 1.53 bits per heavy atom. The van der Waals surface area contributed by atoms with Gasteiger partial charge in [-0.25, -0.2) is 9.07 Å². The van der Waals surface area contributed by atoms with E-state index in [1.807, 2.05) is 0 Å². The van der Waals surface area contributed by atoms with Crippen LogP contribution in [0.3, 0.4) is 0 Å². The number of carbonyl (C=O) groups is 1. The summed E-state index contributed by atoms with van der Waals surface area (Å²) >= 11 is 3.14. The van der Waals surface area contributed by atoms with E-state index in [-0.39, 0.29) is 18.1 Å². The van der Waals surface area contributed by atoms with Crippen molar-refractivity contribution in [3.63, 3.8) is 0 Å². The molecule has 0 atom stereocenters. The van der Waals surface area contributed by atoms with E-state index >= 15 is 0 Å². The smallest absolute Gasteiger partial charge is 0.246 e. The SMILES string of the molecule is O=C(Cn1ccnn1)Nc1ccc(Br)cc1F. The number of hydrogen-bond acceptors (Lipinski definition) is 3. The zero-order chi connectivity index (χ0) is 12.3. The van der Waals surface area contributed by atoms with Gasteiger partial charge in [-0.05, 0) is 18.2 Å². The minimum absolute atomic E-state index is 0.00446. The summed E-state index contributed by atoms with van der Waals surface area (Å²) in [5.41, 5.74) is 0.137. The Labute approximate surface area is 105 Å². The maximum Gasteiger partial charge on any atom is 0.246 e. The van der Waals surface area contributed by atoms with E-state index in [2.05, 4.69) is 31.6 Å². The first-order chi connectivity index (χ1) is 8.15. The third-order valence-corrected chi connectivity index (χ3v) is 2.48. The molecule has 0 aliphatic heterocycles. The van der Waals surface area contributed by atoms with Crippen LogP contribution in [0, 0.1) is 5.82 Å². The van der Waals surface area contributed by atoms with E-state index in [9.17, 15) is 9.18 Å². The Morgan fingerprint density at radius 2 is 2.35 bits per heavy atom. The number of amides is 1. The molecule has 0 radical (unpaired) electrons. The normalized spacial score (nSPS) is 10.2. The van der Waals surface area contributed by atoms with E-state index in [0.717, 1.165) is 0 Å². The first kappa shape index (κ1) is 11.7. The van der Waals surface area contributed by atoms with Gasteiger partial charge in [-0.15, -0.1) is 5.10 Å². The van der Waals surface area contributed by atoms with Crippen LogP contribution >= 0.6 is 15.9 Å². The van der Waals surface area contributed by atoms with Crippen molar-refractivity contribution in [2.45, 2.75) is 6.54 Å². The zero-order valence-corrected chi connectivity index (χ0v) is 10.2. The topological polar surface area (TPSA) is 59.8 Å². The van der Waals surface area contributed by atoms with E-state index in [1.54, 1.807) is 12.3 Å². The fraction of sp³-hybridized carbons (Fsp3) is 0.100. The van der Waals surface area contributed by atoms with Crippen LogP contribution in [-0.4, -0.2) is 20.9 Å². The average molecular weight is 299 g/mol. The number of nitrogens with zero attached hydrogens (tertiary/aromatic N) is 3. The summed E-state index contributed by atoms with van der Waals surface area (Å²) in [7, 11) is 0. The first-order valence-electron chi connectivity index (χ1n) is 4.74. The lowest BCUT2D eigenvalue weighted by molar-refractivity contribution is -0.116. The summed E-state index contributed by atoms with van der Waals surface area (Å²) in [6.45, 7) is -0.00446. The van der Waals surface area contributed by atoms with Crippen LogP contribution in [-0.2, 0) is 11.3 Å². The van der Waals surface area contributed by atoms with Crippen LogP contribution < -0.4 is 5.32 Å². The highest BCUT2D eigenvalue weighted by Crippen LogP contribution is 2.19. The summed E-state index contributed by atoms with van der Waals surface area (Å²) in [6.07, 6.45) is 3.02. The number of rotatable bonds is 3. The van der Waals surface area contributed by atoms with Gasteiger partial charge in [0.2, 0.25) is 5.91 Å². The predicted molar refractivity (Wildman–Crippen MR) is 62.8 cm³/mol. The molecule has 1 N–H and O–H groups in total. The van der Waals surface area contributed by atoms with Crippen LogP contribution in [0.2, 0.25) is 0 Å². The van der Waals surface area contributed by atoms with Crippen LogP contribution in [0.25, 0.3) is 0 Å². The Balaban J connectivity index is 2.03. The molecule has 0 spiro atoms. The molecule has 1 amide bonds. The van der Waals surface area contributed by atoms with Crippen molar-refractivity contribution in [3.8, 4) is 0 Å². The molecule has 88 valence electrons. The Morgan fingerprint density at radius 3 is 3.00 bits per heavy atom. The van der Waals surface area contributed by atoms with Crippen molar-refractivity contribution in [2.75, 3.05) is 5.32 Å². The largest absolute Gasteiger partial charge is 0.322 e. The van der Waals surface area contributed by atoms with Crippen molar-refractivity contribution in [3.05, 3.63) is 40.9 Å². The highest BCUT2D eigenvalue weighted by atomic mass is 79.9. The van der Waals surface area contributed by atoms with Crippen molar-refractivity contribution < 1.29 is 9.18 Å². The zero-order valence-electron chi connectivity index (χ0n) is 8.60. The fourth-order valence-corrected chi connectivity index (χ4v) is 1.58. The predicted octanol–water partition coefficient (Wildman–Crippen LogP) is 1.82. The van der Waals surface area contributed by atoms with Gasteiger partial charge < -0.3 is 5.32 Å². The third-order valence-electron chi connectivity index (χ3n) is 1.98. The number of anilines is 1. The maximum atomic E-state index is 13.4. The molecule has 2 aromatic rings. The van der Waals surface area contributed by atoms with Gasteiger partial charge in [0.05, 0.1) is 11.9 Å². The molecule has 1 aromatic carbocycles. The van der Waals surface area contributed by atoms with Gasteiger partial charge in [0, 0.05) is 10.7 Å². The second-order valence-corrected chi connectivity index (χ2v) is 4.19. The number of hydrogen-bond donors (Lipinski definition) is 1. The number of halogens is 2. The van der Waals surface area contributed by atoms with Crippen molar-refractivity contribution in [1.82, 2.24) is 15.0 Å². The van der Waals surface area contributed by atoms with Crippen LogP contribution in [0.4, 0.5) is 10.1 Å². The van der Waals surface area contributed by atoms with Gasteiger partial charge in [0.15, 0.2) is 0 Å². The van der Waals surface area contributed by atoms with Gasteiger partial charge in [-0.3, -0.25) is 4.79 Å². The fourth-order valence-electron chi connectivity index (χ4n) is 1.24. The minimum atomic E-state index is -0.494. The molecule has 0 saturated heterocycles. The molecular formula is C10H8BrFN4O. The molecule has 0 saturated carbocycles. The molecule has 5 nitrogen and oxygen atoms in total. The monoisotopic (exact) mass is 298 g/mol. The summed E-state index contributed by atoms with van der Waals surface area (Å²) in [4.78, 5) is 11.5. The Kier molecular flexibility index (Phi) is 3.48. The lowest BCUT2D eigenvalue weighted by Crippen LogP contribution is -2.19. The van der Waals surface area contributed by atoms with E-state index < -0.39 is 5.82 Å². The van der Waals surface area contributed by atoms with Gasteiger partial charge in [-0.2, -0.15) is 0 Å². The molecule has 7 heteroatoms. The molecule has 0 aliphatic carbocycles. The van der Waals surface area contributed by atoms with Crippen LogP contribution in [0.15, 0.2) is 35.1 Å². The molecule has 0 bridgehead atoms. The third kappa shape index (κ3) is 3.10. The molecule has 1 heterocycles. The quantitative estimate of drug-likeness (QED) is 0.940. The van der Waals surface area contributed by atoms with Crippen molar-refractivity contribution in [1.29, 1.82) is 0 Å². The lowest BCUT2D eigenvalue weighted by Gasteiger charge is -2.06. The van der Waals surface area contributed by atoms with E-state index in [0.29, 0.717) is 4.47 Å². The van der Waals surface area contributed by atoms with Gasteiger partial charge >= 0.3 is 0 Å². The van der Waals surface area contributed by atoms with E-state index in [1.165, 1.54) is 23.0 Å². The number of aromatic nitrogens is 3. The molecule has 1 aromatic heterocycles. The molecule has 0 unspecified atom stereocenters. The molecule has 2 rings (SSSR count). The summed E-state index contributed by atoms with van der Waals surface area (Å²) in [5.74, 6) is -0.858. The average Bonchev–Trinajstić information content (AvgIpc) is 2.75. The minimum Gasteiger partial charge on any atom is -0.322 e. The number of nitrogens with one attached hydrogen (secondary N) is 1. The molecular weight excluding hydrogens is 291 g/mol. The summed E-state index contributed by atoms with van der Waals surface area (Å²) in [6, 6.07) is 4.41. The second-order valence-electron chi connectivity index (χ2n) is 3.27. The Bertz CT molecular complexity index is 529. The van der Waals surface area contributed by atoms with Gasteiger partial charge in [0.25, 0.3) is 0 Å². The summed E-state index contributed by atoms with van der Waals surface area (Å²) < 4.78 is 15.4. The highest BCUT2D eigenvalue weighted by Gasteiger charge is 2.08. The van der Waals surface area contributed by atoms with Crippen molar-refractivity contribution >= 4 is 27.5 Å². The first-order valence-corrected chi connectivity index (χ1v) is 5.53. The van der Waals surface area contributed by atoms with Crippen LogP contribution in [0.5, 0.6) is 0 Å². The molecule has 17 heavy (non-hydrogen) atoms. The Hall–Kier alpha value is -1.76. The standard InChI is InChI=1S/C10H8BrFN4O/c11-7-1-2-9(8(12)5-7)14-10(17)6-16-4-3-13-15-16/h1-5H,6H2,(H,14,17). The van der Waals surface area contributed by atoms with E-state index in [4.69, 9.17) is 0 Å². The highest BCUT2D eigenvalue weighted by molar-refractivity contribution is 9.10. The van der Waals surface area contributed by atoms with Crippen LogP contribution in [0.1, 0.15) is 0 Å². The molecule has 0 aliphatic rings. The van der Waals surface area contributed by atoms with Crippen molar-refractivity contribution in [2.24, 2.45) is 0 Å². The number of carbonyl (C=O) groups excluding carboxylic acids is 1. The summed E-state index contributed by atoms with van der Waals surface area (Å²) in [5, 5.41) is 9.66.